The first-order valence-electron chi connectivity index (χ1n) is 11.9. The zero-order valence-electron chi connectivity index (χ0n) is 21.5. The monoisotopic (exact) mass is 679 g/mol. The summed E-state index contributed by atoms with van der Waals surface area (Å²) in [5, 5.41) is 74.5. The van der Waals surface area contributed by atoms with Crippen LogP contribution in [0.1, 0.15) is 11.7 Å². The maximum atomic E-state index is 15.9. The number of nitrogen functional groups attached to an aromatic ring is 1. The first-order valence-corrected chi connectivity index (χ1v) is 16.0. The molecular weight excluding hydrogens is 651 g/mol. The number of hydrogen-bond donors (Lipinski definition) is 10. The number of rotatable bonds is 11. The molecule has 2 aromatic heterocycles. The van der Waals surface area contributed by atoms with Crippen LogP contribution in [0.3, 0.4) is 0 Å². The van der Waals surface area contributed by atoms with E-state index in [1.807, 2.05) is 0 Å². The van der Waals surface area contributed by atoms with Crippen LogP contribution in [0.2, 0.25) is 0 Å². The summed E-state index contributed by atoms with van der Waals surface area (Å²) in [4.78, 5) is 28.1. The van der Waals surface area contributed by atoms with Crippen LogP contribution >= 0.6 is 14.5 Å². The molecule has 2 aliphatic rings. The Morgan fingerprint density at radius 2 is 1.93 bits per heavy atom. The molecule has 24 heteroatoms. The van der Waals surface area contributed by atoms with Gasteiger partial charge in [-0.3, -0.25) is 4.52 Å². The van der Waals surface area contributed by atoms with Crippen LogP contribution in [0.5, 0.6) is 0 Å². The van der Waals surface area contributed by atoms with Gasteiger partial charge in [0, 0.05) is 5.56 Å². The minimum atomic E-state index is -5.63. The third-order valence-corrected chi connectivity index (χ3v) is 10.1. The molecule has 12 atom stereocenters. The number of phosphoric acid groups is 1. The number of nitrogens with zero attached hydrogens (tertiary/aromatic N) is 4. The molecule has 242 valence electrons. The normalized spacial score (nSPS) is 38.4. The molecule has 0 saturated carbocycles. The molecule has 4 heterocycles. The van der Waals surface area contributed by atoms with Gasteiger partial charge < -0.3 is 65.3 Å². The minimum Gasteiger partial charge on any atom is -0.394 e. The Labute approximate surface area is 245 Å². The van der Waals surface area contributed by atoms with E-state index < -0.39 is 88.2 Å². The molecule has 2 aliphatic heterocycles. The first-order chi connectivity index (χ1) is 19.9. The topological polar surface area (TPSA) is 314 Å². The summed E-state index contributed by atoms with van der Waals surface area (Å²) in [5.74, 6) is -3.51. The number of halogens is 1. The molecule has 0 aromatic carbocycles. The van der Waals surface area contributed by atoms with Crippen molar-refractivity contribution in [2.45, 2.75) is 60.5 Å². The van der Waals surface area contributed by atoms with Crippen molar-refractivity contribution in [1.29, 1.82) is 0 Å². The molecule has 2 fully saturated rings. The van der Waals surface area contributed by atoms with Gasteiger partial charge in [0.1, 0.15) is 55.2 Å². The molecule has 2 aromatic rings. The summed E-state index contributed by atoms with van der Waals surface area (Å²) in [6.07, 6.45) is -13.6. The Balaban J connectivity index is 1.48. The summed E-state index contributed by atoms with van der Waals surface area (Å²) < 4.78 is 53.5. The zero-order chi connectivity index (χ0) is 32.1. The van der Waals surface area contributed by atoms with Crippen LogP contribution in [0.15, 0.2) is 25.2 Å². The fraction of sp³-hybridized carbons (Fsp3) is 0.632. The van der Waals surface area contributed by atoms with Crippen LogP contribution in [-0.4, -0.2) is 133 Å². The molecule has 20 nitrogen and oxygen atoms in total. The number of nitrogens with two attached hydrogens (primary N) is 1. The van der Waals surface area contributed by atoms with Gasteiger partial charge in [-0.2, -0.15) is 9.61 Å². The average Bonchev–Trinajstić information content (AvgIpc) is 3.46. The Morgan fingerprint density at radius 1 is 1.26 bits per heavy atom. The van der Waals surface area contributed by atoms with Crippen LogP contribution in [0.4, 0.5) is 10.3 Å². The molecule has 0 bridgehead atoms. The molecule has 4 rings (SSSR count). The van der Waals surface area contributed by atoms with E-state index in [0.29, 0.717) is 0 Å². The van der Waals surface area contributed by atoms with Crippen LogP contribution < -0.4 is 5.73 Å². The first kappa shape index (κ1) is 34.2. The highest BCUT2D eigenvalue weighted by Gasteiger charge is 2.64. The number of aromatic nitrogens is 4. The van der Waals surface area contributed by atoms with Crippen LogP contribution in [0.25, 0.3) is 5.65 Å². The van der Waals surface area contributed by atoms with Gasteiger partial charge in [0.15, 0.2) is 18.0 Å². The maximum Gasteiger partial charge on any atom is 0.481 e. The van der Waals surface area contributed by atoms with Crippen molar-refractivity contribution in [1.82, 2.24) is 19.6 Å². The van der Waals surface area contributed by atoms with Crippen molar-refractivity contribution in [3.05, 3.63) is 30.7 Å². The Hall–Kier alpha value is -1.66. The van der Waals surface area contributed by atoms with Crippen molar-refractivity contribution in [2.75, 3.05) is 18.9 Å². The van der Waals surface area contributed by atoms with Gasteiger partial charge in [-0.25, -0.2) is 23.2 Å². The number of aliphatic hydroxyl groups is 7. The van der Waals surface area contributed by atoms with Gasteiger partial charge in [0.25, 0.3) is 5.85 Å². The second kappa shape index (κ2) is 12.3. The predicted octanol–water partition coefficient (Wildman–Crippen LogP) is -3.75. The van der Waals surface area contributed by atoms with E-state index in [2.05, 4.69) is 42.3 Å². The van der Waals surface area contributed by atoms with Crippen LogP contribution in [-0.2, 0) is 39.2 Å². The highest BCUT2D eigenvalue weighted by atomic mass is 32.5. The highest BCUT2D eigenvalue weighted by molar-refractivity contribution is 8.08. The molecular formula is C19H28FN5O15P2S. The Bertz CT molecular complexity index is 1440. The highest BCUT2D eigenvalue weighted by Crippen LogP contribution is 2.62. The van der Waals surface area contributed by atoms with Crippen molar-refractivity contribution < 1.29 is 77.3 Å². The zero-order valence-corrected chi connectivity index (χ0v) is 24.1. The van der Waals surface area contributed by atoms with Gasteiger partial charge in [0.2, 0.25) is 5.95 Å². The maximum absolute atomic E-state index is 15.9. The van der Waals surface area contributed by atoms with Gasteiger partial charge in [-0.1, -0.05) is 6.08 Å². The molecule has 11 N–H and O–H groups in total. The standard InChI is InChI=1S/C19H28FN5O15P2S/c1-2-18(32)13(7-3-24-25-14(7)22-6-23-17(25)21)38-19(20,16(18)31)5-36-42(35,43)40-41(33,34)39-15-11(30)9(28)10(29)12(37-15)8(27)4-26/h2-3,6,8-13,15-16,26-32H,1,4-5H2,(H,33,34)(H,35,43)(H2,21,22,23)/t8-,9?,10?,11?,12?,13-,15?,16-,18-,19+,42?/m0/s1. The third kappa shape index (κ3) is 6.52. The van der Waals surface area contributed by atoms with Gasteiger partial charge in [-0.15, -0.1) is 6.58 Å². The second-order valence-electron chi connectivity index (χ2n) is 9.43. The molecule has 43 heavy (non-hydrogen) atoms. The average molecular weight is 679 g/mol. The number of phosphoric ester groups is 1. The second-order valence-corrected chi connectivity index (χ2v) is 13.8. The number of aliphatic hydroxyl groups excluding tert-OH is 6. The van der Waals surface area contributed by atoms with Gasteiger partial charge in [-0.05, 0) is 11.8 Å². The summed E-state index contributed by atoms with van der Waals surface area (Å²) in [6.45, 7) is -4.12. The van der Waals surface area contributed by atoms with Crippen molar-refractivity contribution >= 4 is 37.9 Å². The lowest BCUT2D eigenvalue weighted by molar-refractivity contribution is -0.292. The fourth-order valence-electron chi connectivity index (χ4n) is 4.38. The summed E-state index contributed by atoms with van der Waals surface area (Å²) >= 11 is 4.62. The number of ether oxygens (including phenoxy) is 2. The Kier molecular flexibility index (Phi) is 9.76. The van der Waals surface area contributed by atoms with Crippen LogP contribution in [0, 0.1) is 0 Å². The van der Waals surface area contributed by atoms with Gasteiger partial charge >= 0.3 is 14.5 Å². The number of fused-ring (bicyclic) bond motifs is 1. The van der Waals surface area contributed by atoms with E-state index in [0.717, 1.165) is 23.1 Å². The molecule has 7 unspecified atom stereocenters. The lowest BCUT2D eigenvalue weighted by Gasteiger charge is -2.41. The van der Waals surface area contributed by atoms with E-state index in [1.54, 1.807) is 0 Å². The summed E-state index contributed by atoms with van der Waals surface area (Å²) in [6, 6.07) is 0. The lowest BCUT2D eigenvalue weighted by atomic mass is 9.87. The van der Waals surface area contributed by atoms with Crippen molar-refractivity contribution in [3.8, 4) is 0 Å². The Morgan fingerprint density at radius 3 is 2.56 bits per heavy atom. The summed E-state index contributed by atoms with van der Waals surface area (Å²) in [7, 11) is -5.63. The summed E-state index contributed by atoms with van der Waals surface area (Å²) in [5.41, 5.74) is 3.03. The predicted molar refractivity (Wildman–Crippen MR) is 138 cm³/mol. The smallest absolute Gasteiger partial charge is 0.394 e. The van der Waals surface area contributed by atoms with Crippen molar-refractivity contribution in [3.63, 3.8) is 0 Å². The molecule has 0 radical (unpaired) electrons. The molecule has 0 spiro atoms. The molecule has 0 amide bonds. The number of alkyl halides is 1. The fourth-order valence-corrected chi connectivity index (χ4v) is 7.46. The SMILES string of the molecule is C=C[C@]1(O)[C@H](c2cnn3c(N)ncnc23)O[C@](F)(COP(O)(=S)OP(=O)(O)OC2OC([C@@H](O)CO)C(O)C(O)C2O)[C@H]1O. The van der Waals surface area contributed by atoms with E-state index in [4.69, 9.17) is 24.8 Å². The largest absolute Gasteiger partial charge is 0.481 e. The van der Waals surface area contributed by atoms with E-state index >= 15 is 4.39 Å². The van der Waals surface area contributed by atoms with E-state index in [9.17, 15) is 45.0 Å². The van der Waals surface area contributed by atoms with Crippen molar-refractivity contribution in [2.24, 2.45) is 0 Å². The van der Waals surface area contributed by atoms with E-state index in [-0.39, 0.29) is 17.2 Å². The number of hydrogen-bond acceptors (Lipinski definition) is 18. The van der Waals surface area contributed by atoms with E-state index in [1.165, 1.54) is 0 Å². The third-order valence-electron chi connectivity index (χ3n) is 6.59. The minimum absolute atomic E-state index is 0.0392. The molecule has 0 aliphatic carbocycles. The quantitative estimate of drug-likeness (QED) is 0.0805. The van der Waals surface area contributed by atoms with Gasteiger partial charge in [0.05, 0.1) is 12.8 Å². The lowest BCUT2D eigenvalue weighted by Crippen LogP contribution is -2.61. The number of anilines is 1. The molecule has 2 saturated heterocycles.